The maximum Gasteiger partial charge on any atom is 0.229 e. The van der Waals surface area contributed by atoms with Gasteiger partial charge in [0.25, 0.3) is 0 Å². The van der Waals surface area contributed by atoms with E-state index in [1.54, 1.807) is 0 Å². The second kappa shape index (κ2) is 6.57. The lowest BCUT2D eigenvalue weighted by molar-refractivity contribution is 0.288. The van der Waals surface area contributed by atoms with Crippen molar-refractivity contribution < 1.29 is 4.52 Å². The molecule has 0 aromatic carbocycles. The second-order valence-corrected chi connectivity index (χ2v) is 6.81. The van der Waals surface area contributed by atoms with E-state index < -0.39 is 0 Å². The van der Waals surface area contributed by atoms with Crippen LogP contribution in [0.5, 0.6) is 0 Å². The van der Waals surface area contributed by atoms with Crippen molar-refractivity contribution in [1.29, 1.82) is 0 Å². The quantitative estimate of drug-likeness (QED) is 0.890. The standard InChI is InChI=1S/C13H23N3OS/c1-9(2)18-8-12-15-13(17-16-12)10-4-6-11(14-3)7-5-10/h9-11,14H,4-8H2,1-3H3. The molecule has 4 nitrogen and oxygen atoms in total. The lowest BCUT2D eigenvalue weighted by Crippen LogP contribution is -2.29. The number of hydrogen-bond donors (Lipinski definition) is 1. The lowest BCUT2D eigenvalue weighted by atomic mass is 9.86. The fourth-order valence-corrected chi connectivity index (χ4v) is 2.96. The van der Waals surface area contributed by atoms with Gasteiger partial charge in [0.2, 0.25) is 5.89 Å². The Morgan fingerprint density at radius 3 is 2.67 bits per heavy atom. The summed E-state index contributed by atoms with van der Waals surface area (Å²) in [6.07, 6.45) is 4.73. The molecule has 1 aromatic heterocycles. The van der Waals surface area contributed by atoms with Crippen LogP contribution in [0.15, 0.2) is 4.52 Å². The molecule has 1 aromatic rings. The Labute approximate surface area is 113 Å². The average Bonchev–Trinajstić information content (AvgIpc) is 2.85. The van der Waals surface area contributed by atoms with Crippen molar-refractivity contribution in [2.24, 2.45) is 0 Å². The Kier molecular flexibility index (Phi) is 5.06. The molecule has 0 atom stereocenters. The van der Waals surface area contributed by atoms with Gasteiger partial charge in [0.05, 0.1) is 5.75 Å². The van der Waals surface area contributed by atoms with E-state index in [2.05, 4.69) is 29.3 Å². The van der Waals surface area contributed by atoms with Gasteiger partial charge in [-0.15, -0.1) is 0 Å². The molecule has 1 aliphatic carbocycles. The summed E-state index contributed by atoms with van der Waals surface area (Å²) < 4.78 is 5.41. The van der Waals surface area contributed by atoms with E-state index in [1.165, 1.54) is 12.8 Å². The summed E-state index contributed by atoms with van der Waals surface area (Å²) in [6.45, 7) is 4.37. The molecule has 0 bridgehead atoms. The van der Waals surface area contributed by atoms with Crippen molar-refractivity contribution in [1.82, 2.24) is 15.5 Å². The molecule has 0 amide bonds. The van der Waals surface area contributed by atoms with E-state index in [9.17, 15) is 0 Å². The molecular formula is C13H23N3OS. The van der Waals surface area contributed by atoms with Crippen molar-refractivity contribution in [2.45, 2.75) is 62.5 Å². The van der Waals surface area contributed by atoms with E-state index >= 15 is 0 Å². The Morgan fingerprint density at radius 1 is 1.33 bits per heavy atom. The van der Waals surface area contributed by atoms with Crippen LogP contribution in [0.2, 0.25) is 0 Å². The lowest BCUT2D eigenvalue weighted by Gasteiger charge is -2.25. The molecule has 1 aliphatic rings. The van der Waals surface area contributed by atoms with Crippen LogP contribution < -0.4 is 5.32 Å². The van der Waals surface area contributed by atoms with E-state index in [0.717, 1.165) is 30.3 Å². The van der Waals surface area contributed by atoms with Crippen LogP contribution in [0.4, 0.5) is 0 Å². The first-order chi connectivity index (χ1) is 8.69. The third kappa shape index (κ3) is 3.72. The minimum atomic E-state index is 0.472. The van der Waals surface area contributed by atoms with Crippen molar-refractivity contribution >= 4 is 11.8 Å². The van der Waals surface area contributed by atoms with Crippen LogP contribution in [-0.2, 0) is 5.75 Å². The highest BCUT2D eigenvalue weighted by Crippen LogP contribution is 2.32. The molecule has 0 unspecified atom stereocenters. The molecule has 102 valence electrons. The smallest absolute Gasteiger partial charge is 0.229 e. The number of aromatic nitrogens is 2. The van der Waals surface area contributed by atoms with E-state index in [-0.39, 0.29) is 0 Å². The van der Waals surface area contributed by atoms with Gasteiger partial charge < -0.3 is 9.84 Å². The summed E-state index contributed by atoms with van der Waals surface area (Å²) >= 11 is 1.85. The van der Waals surface area contributed by atoms with Gasteiger partial charge in [-0.05, 0) is 38.0 Å². The molecule has 5 heteroatoms. The molecule has 1 N–H and O–H groups in total. The molecule has 1 heterocycles. The number of hydrogen-bond acceptors (Lipinski definition) is 5. The van der Waals surface area contributed by atoms with Gasteiger partial charge in [-0.2, -0.15) is 16.7 Å². The molecule has 2 rings (SSSR count). The number of thioether (sulfide) groups is 1. The van der Waals surface area contributed by atoms with Crippen LogP contribution in [-0.4, -0.2) is 28.5 Å². The Morgan fingerprint density at radius 2 is 2.06 bits per heavy atom. The summed E-state index contributed by atoms with van der Waals surface area (Å²) in [6, 6.07) is 0.667. The number of nitrogens with zero attached hydrogens (tertiary/aromatic N) is 2. The normalized spacial score (nSPS) is 24.7. The van der Waals surface area contributed by atoms with Crippen LogP contribution >= 0.6 is 11.8 Å². The topological polar surface area (TPSA) is 51.0 Å². The largest absolute Gasteiger partial charge is 0.339 e. The maximum atomic E-state index is 5.41. The third-order valence-electron chi connectivity index (χ3n) is 3.51. The first-order valence-electron chi connectivity index (χ1n) is 6.80. The third-order valence-corrected chi connectivity index (χ3v) is 4.61. The first kappa shape index (κ1) is 13.9. The molecule has 0 radical (unpaired) electrons. The van der Waals surface area contributed by atoms with Crippen LogP contribution in [0.3, 0.4) is 0 Å². The number of nitrogens with one attached hydrogen (secondary N) is 1. The predicted molar refractivity (Wildman–Crippen MR) is 74.8 cm³/mol. The Bertz CT molecular complexity index is 359. The molecule has 0 spiro atoms. The molecule has 18 heavy (non-hydrogen) atoms. The highest BCUT2D eigenvalue weighted by molar-refractivity contribution is 7.99. The fourth-order valence-electron chi connectivity index (χ4n) is 2.36. The maximum absolute atomic E-state index is 5.41. The summed E-state index contributed by atoms with van der Waals surface area (Å²) in [4.78, 5) is 4.54. The van der Waals surface area contributed by atoms with Crippen molar-refractivity contribution in [2.75, 3.05) is 7.05 Å². The number of rotatable bonds is 5. The summed E-state index contributed by atoms with van der Waals surface area (Å²) in [5.74, 6) is 3.02. The second-order valence-electron chi connectivity index (χ2n) is 5.25. The van der Waals surface area contributed by atoms with Crippen LogP contribution in [0, 0.1) is 0 Å². The van der Waals surface area contributed by atoms with Gasteiger partial charge >= 0.3 is 0 Å². The van der Waals surface area contributed by atoms with Crippen molar-refractivity contribution in [3.63, 3.8) is 0 Å². The van der Waals surface area contributed by atoms with Gasteiger partial charge in [-0.25, -0.2) is 0 Å². The highest BCUT2D eigenvalue weighted by atomic mass is 32.2. The summed E-state index contributed by atoms with van der Waals surface area (Å²) in [5, 5.41) is 8.03. The van der Waals surface area contributed by atoms with Crippen LogP contribution in [0.1, 0.15) is 57.2 Å². The highest BCUT2D eigenvalue weighted by Gasteiger charge is 2.25. The minimum absolute atomic E-state index is 0.472. The van der Waals surface area contributed by atoms with Gasteiger partial charge in [-0.1, -0.05) is 19.0 Å². The molecule has 1 saturated carbocycles. The van der Waals surface area contributed by atoms with Gasteiger partial charge in [-0.3, -0.25) is 0 Å². The summed E-state index contributed by atoms with van der Waals surface area (Å²) in [7, 11) is 2.04. The SMILES string of the molecule is CNC1CCC(c2nc(CSC(C)C)no2)CC1. The van der Waals surface area contributed by atoms with E-state index in [4.69, 9.17) is 4.52 Å². The minimum Gasteiger partial charge on any atom is -0.339 e. The zero-order valence-corrected chi connectivity index (χ0v) is 12.3. The molecule has 0 aliphatic heterocycles. The fraction of sp³-hybridized carbons (Fsp3) is 0.846. The van der Waals surface area contributed by atoms with E-state index in [0.29, 0.717) is 17.2 Å². The monoisotopic (exact) mass is 269 g/mol. The van der Waals surface area contributed by atoms with Crippen LogP contribution in [0.25, 0.3) is 0 Å². The first-order valence-corrected chi connectivity index (χ1v) is 7.85. The molecule has 1 fully saturated rings. The van der Waals surface area contributed by atoms with Crippen molar-refractivity contribution in [3.05, 3.63) is 11.7 Å². The van der Waals surface area contributed by atoms with Gasteiger partial charge in [0.1, 0.15) is 0 Å². The summed E-state index contributed by atoms with van der Waals surface area (Å²) in [5.41, 5.74) is 0. The van der Waals surface area contributed by atoms with E-state index in [1.807, 2.05) is 18.8 Å². The molecular weight excluding hydrogens is 246 g/mol. The zero-order chi connectivity index (χ0) is 13.0. The van der Waals surface area contributed by atoms with Gasteiger partial charge in [0.15, 0.2) is 5.82 Å². The van der Waals surface area contributed by atoms with Crippen molar-refractivity contribution in [3.8, 4) is 0 Å². The Hall–Kier alpha value is -0.550. The molecule has 0 saturated heterocycles. The predicted octanol–water partition coefficient (Wildman–Crippen LogP) is 2.96. The average molecular weight is 269 g/mol. The Balaban J connectivity index is 1.86. The van der Waals surface area contributed by atoms with Gasteiger partial charge in [0, 0.05) is 12.0 Å². The zero-order valence-electron chi connectivity index (χ0n) is 11.5.